The summed E-state index contributed by atoms with van der Waals surface area (Å²) in [5, 5.41) is 20.9. The highest BCUT2D eigenvalue weighted by Gasteiger charge is 2.21. The van der Waals surface area contributed by atoms with Crippen LogP contribution < -0.4 is 5.32 Å². The van der Waals surface area contributed by atoms with Crippen LogP contribution in [0.1, 0.15) is 30.7 Å². The van der Waals surface area contributed by atoms with Gasteiger partial charge in [-0.05, 0) is 18.1 Å². The van der Waals surface area contributed by atoms with Gasteiger partial charge in [0.1, 0.15) is 10.5 Å². The van der Waals surface area contributed by atoms with Crippen molar-refractivity contribution < 1.29 is 0 Å². The largest absolute Gasteiger partial charge is 0.301 e. The number of nitrogens with one attached hydrogen (secondary N) is 1. The fraction of sp³-hybridized carbons (Fsp3) is 0.385. The highest BCUT2D eigenvalue weighted by molar-refractivity contribution is 7.09. The molecule has 1 N–H and O–H groups in total. The zero-order chi connectivity index (χ0) is 13.9. The van der Waals surface area contributed by atoms with Crippen LogP contribution in [0, 0.1) is 5.92 Å². The zero-order valence-electron chi connectivity index (χ0n) is 11.4. The average Bonchev–Trinajstić information content (AvgIpc) is 3.08. The summed E-state index contributed by atoms with van der Waals surface area (Å²) in [4.78, 5) is 0. The molecule has 0 saturated carbocycles. The summed E-state index contributed by atoms with van der Waals surface area (Å²) in [6.45, 7) is 5.03. The molecule has 0 radical (unpaired) electrons. The minimum Gasteiger partial charge on any atom is -0.301 e. The second-order valence-electron chi connectivity index (χ2n) is 4.92. The highest BCUT2D eigenvalue weighted by Crippen LogP contribution is 2.21. The first kappa shape index (κ1) is 13.1. The fourth-order valence-electron chi connectivity index (χ4n) is 2.17. The van der Waals surface area contributed by atoms with Gasteiger partial charge in [0, 0.05) is 6.20 Å². The molecular formula is C13H16N6S. The Kier molecular flexibility index (Phi) is 3.70. The molecule has 104 valence electrons. The Labute approximate surface area is 120 Å². The first-order valence-corrected chi connectivity index (χ1v) is 7.42. The standard InChI is InChI=1S/C13H16N6S/c1-9(2)12(14-7-11-17-15-8-20-11)13-18-16-10-5-3-4-6-19(10)13/h3-6,8-9,12,14H,7H2,1-2H3. The molecule has 3 aromatic rings. The SMILES string of the molecule is CC(C)C(NCc1nncs1)c1nnc2ccccn12. The van der Waals surface area contributed by atoms with Gasteiger partial charge >= 0.3 is 0 Å². The van der Waals surface area contributed by atoms with Crippen LogP contribution in [0.2, 0.25) is 0 Å². The quantitative estimate of drug-likeness (QED) is 0.778. The molecule has 0 aliphatic carbocycles. The van der Waals surface area contributed by atoms with Crippen molar-refractivity contribution in [1.29, 1.82) is 0 Å². The second kappa shape index (κ2) is 5.64. The number of aromatic nitrogens is 5. The molecule has 7 heteroatoms. The zero-order valence-corrected chi connectivity index (χ0v) is 12.2. The highest BCUT2D eigenvalue weighted by atomic mass is 32.1. The van der Waals surface area contributed by atoms with Crippen molar-refractivity contribution in [3.05, 3.63) is 40.7 Å². The number of nitrogens with zero attached hydrogens (tertiary/aromatic N) is 5. The first-order valence-electron chi connectivity index (χ1n) is 6.54. The van der Waals surface area contributed by atoms with E-state index in [1.807, 2.05) is 28.8 Å². The molecule has 0 spiro atoms. The predicted octanol–water partition coefficient (Wildman–Crippen LogP) is 2.07. The number of fused-ring (bicyclic) bond motifs is 1. The van der Waals surface area contributed by atoms with Gasteiger partial charge in [0.05, 0.1) is 12.6 Å². The molecule has 0 aliphatic heterocycles. The lowest BCUT2D eigenvalue weighted by molar-refractivity contribution is 0.389. The third-order valence-corrected chi connectivity index (χ3v) is 3.86. The van der Waals surface area contributed by atoms with Crippen LogP contribution in [0.25, 0.3) is 5.65 Å². The molecule has 0 amide bonds. The van der Waals surface area contributed by atoms with Crippen LogP contribution >= 0.6 is 11.3 Å². The lowest BCUT2D eigenvalue weighted by atomic mass is 10.0. The van der Waals surface area contributed by atoms with Gasteiger partial charge in [0.15, 0.2) is 11.5 Å². The summed E-state index contributed by atoms with van der Waals surface area (Å²) in [7, 11) is 0. The monoisotopic (exact) mass is 288 g/mol. The van der Waals surface area contributed by atoms with E-state index in [-0.39, 0.29) is 6.04 Å². The Balaban J connectivity index is 1.86. The van der Waals surface area contributed by atoms with E-state index in [0.29, 0.717) is 12.5 Å². The summed E-state index contributed by atoms with van der Waals surface area (Å²) in [5.41, 5.74) is 2.61. The van der Waals surface area contributed by atoms with Gasteiger partial charge in [-0.15, -0.1) is 31.7 Å². The maximum Gasteiger partial charge on any atom is 0.160 e. The van der Waals surface area contributed by atoms with Crippen molar-refractivity contribution in [2.45, 2.75) is 26.4 Å². The minimum absolute atomic E-state index is 0.122. The van der Waals surface area contributed by atoms with Gasteiger partial charge in [-0.25, -0.2) is 0 Å². The van der Waals surface area contributed by atoms with Crippen LogP contribution in [0.15, 0.2) is 29.9 Å². The maximum atomic E-state index is 4.33. The average molecular weight is 288 g/mol. The van der Waals surface area contributed by atoms with E-state index in [0.717, 1.165) is 16.5 Å². The van der Waals surface area contributed by atoms with Crippen molar-refractivity contribution >= 4 is 17.0 Å². The Hall–Kier alpha value is -1.86. The molecule has 1 atom stereocenters. The fourth-order valence-corrected chi connectivity index (χ4v) is 2.64. The van der Waals surface area contributed by atoms with Crippen LogP contribution in [-0.4, -0.2) is 24.8 Å². The smallest absolute Gasteiger partial charge is 0.160 e. The molecule has 6 nitrogen and oxygen atoms in total. The van der Waals surface area contributed by atoms with Gasteiger partial charge in [0.25, 0.3) is 0 Å². The lowest BCUT2D eigenvalue weighted by Crippen LogP contribution is -2.27. The van der Waals surface area contributed by atoms with Gasteiger partial charge < -0.3 is 5.32 Å². The third-order valence-electron chi connectivity index (χ3n) is 3.16. The van der Waals surface area contributed by atoms with Crippen molar-refractivity contribution in [2.24, 2.45) is 5.92 Å². The third kappa shape index (κ3) is 2.54. The molecule has 20 heavy (non-hydrogen) atoms. The van der Waals surface area contributed by atoms with Crippen LogP contribution in [0.5, 0.6) is 0 Å². The second-order valence-corrected chi connectivity index (χ2v) is 5.84. The van der Waals surface area contributed by atoms with Gasteiger partial charge in [-0.3, -0.25) is 4.40 Å². The summed E-state index contributed by atoms with van der Waals surface area (Å²) >= 11 is 1.55. The lowest BCUT2D eigenvalue weighted by Gasteiger charge is -2.20. The van der Waals surface area contributed by atoms with E-state index in [9.17, 15) is 0 Å². The van der Waals surface area contributed by atoms with Crippen LogP contribution in [0.4, 0.5) is 0 Å². The Morgan fingerprint density at radius 1 is 1.25 bits per heavy atom. The molecule has 0 aromatic carbocycles. The molecule has 0 saturated heterocycles. The topological polar surface area (TPSA) is 68.0 Å². The molecule has 3 aromatic heterocycles. The van der Waals surface area contributed by atoms with E-state index in [2.05, 4.69) is 39.6 Å². The molecular weight excluding hydrogens is 272 g/mol. The molecule has 1 unspecified atom stereocenters. The van der Waals surface area contributed by atoms with E-state index in [1.54, 1.807) is 16.8 Å². The number of rotatable bonds is 5. The molecule has 3 heterocycles. The molecule has 0 bridgehead atoms. The normalized spacial score (nSPS) is 13.2. The van der Waals surface area contributed by atoms with Gasteiger partial charge in [-0.1, -0.05) is 19.9 Å². The minimum atomic E-state index is 0.122. The molecule has 0 aliphatic rings. The summed E-state index contributed by atoms with van der Waals surface area (Å²) in [6, 6.07) is 6.03. The van der Waals surface area contributed by atoms with Crippen molar-refractivity contribution in [3.8, 4) is 0 Å². The van der Waals surface area contributed by atoms with Crippen molar-refractivity contribution in [3.63, 3.8) is 0 Å². The Morgan fingerprint density at radius 2 is 2.15 bits per heavy atom. The van der Waals surface area contributed by atoms with E-state index in [4.69, 9.17) is 0 Å². The van der Waals surface area contributed by atoms with Gasteiger partial charge in [0.2, 0.25) is 0 Å². The number of hydrogen-bond donors (Lipinski definition) is 1. The molecule has 3 rings (SSSR count). The van der Waals surface area contributed by atoms with Crippen molar-refractivity contribution in [2.75, 3.05) is 0 Å². The summed E-state index contributed by atoms with van der Waals surface area (Å²) in [5.74, 6) is 1.33. The Bertz CT molecular complexity index is 675. The first-order chi connectivity index (χ1) is 9.75. The maximum absolute atomic E-state index is 4.33. The number of pyridine rings is 1. The van der Waals surface area contributed by atoms with E-state index >= 15 is 0 Å². The van der Waals surface area contributed by atoms with Gasteiger partial charge in [-0.2, -0.15) is 0 Å². The summed E-state index contributed by atoms with van der Waals surface area (Å²) in [6.07, 6.45) is 1.99. The van der Waals surface area contributed by atoms with Crippen LogP contribution in [-0.2, 0) is 6.54 Å². The predicted molar refractivity (Wildman–Crippen MR) is 77.3 cm³/mol. The summed E-state index contributed by atoms with van der Waals surface area (Å²) < 4.78 is 2.03. The van der Waals surface area contributed by atoms with Crippen molar-refractivity contribution in [1.82, 2.24) is 30.1 Å². The van der Waals surface area contributed by atoms with E-state index in [1.165, 1.54) is 0 Å². The Morgan fingerprint density at radius 3 is 2.90 bits per heavy atom. The molecule has 0 fully saturated rings. The van der Waals surface area contributed by atoms with Crippen LogP contribution in [0.3, 0.4) is 0 Å². The number of hydrogen-bond acceptors (Lipinski definition) is 6. The van der Waals surface area contributed by atoms with E-state index < -0.39 is 0 Å².